The van der Waals surface area contributed by atoms with E-state index in [-0.39, 0.29) is 6.04 Å². The normalized spacial score (nSPS) is 12.6. The van der Waals surface area contributed by atoms with Crippen molar-refractivity contribution in [3.8, 4) is 5.75 Å². The van der Waals surface area contributed by atoms with Crippen LogP contribution in [0, 0.1) is 0 Å². The van der Waals surface area contributed by atoms with Gasteiger partial charge in [-0.25, -0.2) is 4.79 Å². The van der Waals surface area contributed by atoms with Crippen LogP contribution in [0.2, 0.25) is 0 Å². The highest BCUT2D eigenvalue weighted by atomic mass is 31.0. The summed E-state index contributed by atoms with van der Waals surface area (Å²) >= 11 is 0. The molecule has 0 fully saturated rings. The number of para-hydroxylation sites is 1. The minimum Gasteiger partial charge on any atom is -0.497 e. The molecule has 0 aliphatic rings. The van der Waals surface area contributed by atoms with Gasteiger partial charge < -0.3 is 14.4 Å². The van der Waals surface area contributed by atoms with E-state index in [1.807, 2.05) is 60.0 Å². The molecular weight excluding hydrogens is 297 g/mol. The van der Waals surface area contributed by atoms with Crippen LogP contribution in [0.5, 0.6) is 5.75 Å². The van der Waals surface area contributed by atoms with Crippen molar-refractivity contribution in [2.75, 3.05) is 7.11 Å². The first kappa shape index (κ1) is 14.6. The van der Waals surface area contributed by atoms with Crippen LogP contribution in [0.15, 0.2) is 48.5 Å². The Labute approximate surface area is 130 Å². The highest BCUT2D eigenvalue weighted by Gasteiger charge is 2.20. The van der Waals surface area contributed by atoms with E-state index in [4.69, 9.17) is 4.74 Å². The SMILES string of the molecule is COc1ccc([C@H](C)n2c(C(=O)O)pc3ccccc32)cc1. The third kappa shape index (κ3) is 2.46. The van der Waals surface area contributed by atoms with Crippen LogP contribution in [0.1, 0.15) is 28.7 Å². The molecule has 0 saturated carbocycles. The molecule has 0 saturated heterocycles. The van der Waals surface area contributed by atoms with Gasteiger partial charge in [0.05, 0.1) is 18.7 Å². The second-order valence-electron chi connectivity index (χ2n) is 5.05. The lowest BCUT2D eigenvalue weighted by Gasteiger charge is -2.18. The first-order chi connectivity index (χ1) is 10.6. The van der Waals surface area contributed by atoms with Gasteiger partial charge in [-0.05, 0) is 44.9 Å². The summed E-state index contributed by atoms with van der Waals surface area (Å²) in [7, 11) is 2.37. The fourth-order valence-corrected chi connectivity index (χ4v) is 3.79. The Kier molecular flexibility index (Phi) is 3.86. The van der Waals surface area contributed by atoms with E-state index in [0.717, 1.165) is 30.1 Å². The lowest BCUT2D eigenvalue weighted by Crippen LogP contribution is -2.12. The maximum absolute atomic E-state index is 11.6. The number of carboxylic acid groups (broad SMARTS) is 1. The fourth-order valence-electron chi connectivity index (χ4n) is 2.62. The topological polar surface area (TPSA) is 51.5 Å². The van der Waals surface area contributed by atoms with Gasteiger partial charge in [0.1, 0.15) is 5.75 Å². The van der Waals surface area contributed by atoms with Crippen molar-refractivity contribution in [1.82, 2.24) is 4.57 Å². The molecule has 0 spiro atoms. The lowest BCUT2D eigenvalue weighted by molar-refractivity contribution is 0.0690. The van der Waals surface area contributed by atoms with Crippen LogP contribution in [0.4, 0.5) is 0 Å². The molecule has 0 bridgehead atoms. The summed E-state index contributed by atoms with van der Waals surface area (Å²) in [5.74, 6) is -0.0865. The fraction of sp³-hybridized carbons (Fsp3) is 0.176. The zero-order valence-electron chi connectivity index (χ0n) is 12.4. The number of aromatic carboxylic acids is 1. The molecule has 2 aromatic carbocycles. The van der Waals surface area contributed by atoms with Crippen LogP contribution in [-0.2, 0) is 0 Å². The van der Waals surface area contributed by atoms with Crippen molar-refractivity contribution in [2.24, 2.45) is 0 Å². The summed E-state index contributed by atoms with van der Waals surface area (Å²) in [6, 6.07) is 15.5. The Morgan fingerprint density at radius 3 is 2.50 bits per heavy atom. The molecule has 112 valence electrons. The maximum Gasteiger partial charge on any atom is 0.357 e. The number of aromatic nitrogens is 1. The van der Waals surface area contributed by atoms with Crippen molar-refractivity contribution < 1.29 is 14.6 Å². The molecule has 1 aromatic heterocycles. The summed E-state index contributed by atoms with van der Waals surface area (Å²) in [6.45, 7) is 2.02. The van der Waals surface area contributed by atoms with Crippen molar-refractivity contribution in [3.63, 3.8) is 0 Å². The highest BCUT2D eigenvalue weighted by Crippen LogP contribution is 2.35. The molecule has 3 aromatic rings. The number of hydrogen-bond acceptors (Lipinski definition) is 2. The molecule has 1 N–H and O–H groups in total. The summed E-state index contributed by atoms with van der Waals surface area (Å²) in [5, 5.41) is 10.6. The third-order valence-electron chi connectivity index (χ3n) is 3.77. The first-order valence-electron chi connectivity index (χ1n) is 6.96. The largest absolute Gasteiger partial charge is 0.497 e. The number of carbonyl (C=O) groups is 1. The van der Waals surface area contributed by atoms with E-state index in [2.05, 4.69) is 0 Å². The average Bonchev–Trinajstić information content (AvgIpc) is 2.94. The van der Waals surface area contributed by atoms with Crippen LogP contribution in [0.25, 0.3) is 10.6 Å². The van der Waals surface area contributed by atoms with Gasteiger partial charge in [-0.3, -0.25) is 0 Å². The Balaban J connectivity index is 2.14. The number of methoxy groups -OCH3 is 1. The third-order valence-corrected chi connectivity index (χ3v) is 5.01. The number of fused-ring (bicyclic) bond motifs is 1. The zero-order valence-corrected chi connectivity index (χ0v) is 13.2. The standard InChI is InChI=1S/C17H16NO3P/c1-11(12-7-9-13(21-2)10-8-12)18-14-5-3-4-6-15(14)22-16(18)17(19)20/h3-11H,1-2H3,(H,19,20)/t11-/m0/s1. The summed E-state index contributed by atoms with van der Waals surface area (Å²) in [5.41, 5.74) is 2.40. The first-order valence-corrected chi connectivity index (χ1v) is 7.85. The molecule has 1 heterocycles. The van der Waals surface area contributed by atoms with Gasteiger partial charge in [-0.1, -0.05) is 24.3 Å². The molecule has 22 heavy (non-hydrogen) atoms. The highest BCUT2D eigenvalue weighted by molar-refractivity contribution is 7.39. The van der Waals surface area contributed by atoms with Gasteiger partial charge in [0.2, 0.25) is 0 Å². The van der Waals surface area contributed by atoms with Crippen LogP contribution in [0.3, 0.4) is 0 Å². The summed E-state index contributed by atoms with van der Waals surface area (Å²) in [4.78, 5) is 11.6. The van der Waals surface area contributed by atoms with Crippen molar-refractivity contribution in [1.29, 1.82) is 0 Å². The minimum atomic E-state index is -0.877. The molecule has 0 aliphatic heterocycles. The lowest BCUT2D eigenvalue weighted by atomic mass is 10.1. The Morgan fingerprint density at radius 2 is 1.86 bits per heavy atom. The number of ether oxygens (including phenoxy) is 1. The Morgan fingerprint density at radius 1 is 1.18 bits per heavy atom. The Bertz CT molecular complexity index is 824. The summed E-state index contributed by atoms with van der Waals surface area (Å²) < 4.78 is 7.08. The number of carboxylic acids is 1. The van der Waals surface area contributed by atoms with E-state index in [1.165, 1.54) is 0 Å². The Hall–Kier alpha value is -2.32. The van der Waals surface area contributed by atoms with Crippen molar-refractivity contribution in [2.45, 2.75) is 13.0 Å². The zero-order chi connectivity index (χ0) is 15.7. The van der Waals surface area contributed by atoms with Gasteiger partial charge in [-0.15, -0.1) is 0 Å². The monoisotopic (exact) mass is 313 g/mol. The predicted octanol–water partition coefficient (Wildman–Crippen LogP) is 4.54. The van der Waals surface area contributed by atoms with Gasteiger partial charge in [0.15, 0.2) is 5.43 Å². The van der Waals surface area contributed by atoms with Gasteiger partial charge in [0.25, 0.3) is 0 Å². The molecule has 0 aliphatic carbocycles. The minimum absolute atomic E-state index is 0.0619. The number of rotatable bonds is 4. The second kappa shape index (κ2) is 5.82. The van der Waals surface area contributed by atoms with E-state index in [0.29, 0.717) is 5.43 Å². The molecule has 0 radical (unpaired) electrons. The van der Waals surface area contributed by atoms with Crippen LogP contribution >= 0.6 is 8.19 Å². The summed E-state index contributed by atoms with van der Waals surface area (Å²) in [6.07, 6.45) is 0. The number of benzene rings is 2. The van der Waals surface area contributed by atoms with Crippen LogP contribution < -0.4 is 4.74 Å². The maximum atomic E-state index is 11.6. The van der Waals surface area contributed by atoms with Crippen LogP contribution in [-0.4, -0.2) is 22.8 Å². The molecule has 1 atom stereocenters. The predicted molar refractivity (Wildman–Crippen MR) is 88.2 cm³/mol. The van der Waals surface area contributed by atoms with Gasteiger partial charge >= 0.3 is 5.97 Å². The van der Waals surface area contributed by atoms with E-state index >= 15 is 0 Å². The number of hydrogen-bond donors (Lipinski definition) is 1. The molecule has 0 amide bonds. The molecular formula is C17H16NO3P. The molecule has 3 rings (SSSR count). The van der Waals surface area contributed by atoms with Gasteiger partial charge in [0, 0.05) is 5.12 Å². The van der Waals surface area contributed by atoms with Crippen molar-refractivity contribution in [3.05, 3.63) is 59.5 Å². The quantitative estimate of drug-likeness (QED) is 0.769. The van der Waals surface area contributed by atoms with E-state index < -0.39 is 5.97 Å². The van der Waals surface area contributed by atoms with E-state index in [1.54, 1.807) is 7.11 Å². The molecule has 0 unspecified atom stereocenters. The molecule has 4 nitrogen and oxygen atoms in total. The second-order valence-corrected chi connectivity index (χ2v) is 6.18. The average molecular weight is 313 g/mol. The smallest absolute Gasteiger partial charge is 0.357 e. The van der Waals surface area contributed by atoms with Crippen molar-refractivity contribution >= 4 is 24.8 Å². The molecule has 5 heteroatoms. The van der Waals surface area contributed by atoms with Gasteiger partial charge in [-0.2, -0.15) is 0 Å². The van der Waals surface area contributed by atoms with E-state index in [9.17, 15) is 9.90 Å². The number of nitrogens with zero attached hydrogens (tertiary/aromatic N) is 1.